The fourth-order valence-corrected chi connectivity index (χ4v) is 2.66. The molecule has 1 heterocycles. The van der Waals surface area contributed by atoms with Crippen LogP contribution in [0.1, 0.15) is 38.4 Å². The summed E-state index contributed by atoms with van der Waals surface area (Å²) >= 11 is 0. The molecule has 0 spiro atoms. The van der Waals surface area contributed by atoms with Gasteiger partial charge in [0.25, 0.3) is 0 Å². The number of benzene rings is 1. The van der Waals surface area contributed by atoms with Gasteiger partial charge in [-0.15, -0.1) is 0 Å². The van der Waals surface area contributed by atoms with Crippen molar-refractivity contribution in [2.75, 3.05) is 18.0 Å². The summed E-state index contributed by atoms with van der Waals surface area (Å²) in [5.41, 5.74) is 2.07. The molecule has 4 heteroatoms. The Balaban J connectivity index is 2.13. The van der Waals surface area contributed by atoms with Gasteiger partial charge in [0, 0.05) is 37.3 Å². The van der Waals surface area contributed by atoms with Gasteiger partial charge in [-0.05, 0) is 18.9 Å². The van der Waals surface area contributed by atoms with Crippen LogP contribution >= 0.6 is 0 Å². The first-order chi connectivity index (χ1) is 9.11. The van der Waals surface area contributed by atoms with Gasteiger partial charge in [0.2, 0.25) is 5.91 Å². The Morgan fingerprint density at radius 1 is 1.53 bits per heavy atom. The highest BCUT2D eigenvalue weighted by Crippen LogP contribution is 2.30. The van der Waals surface area contributed by atoms with Gasteiger partial charge < -0.3 is 15.3 Å². The Morgan fingerprint density at radius 2 is 2.26 bits per heavy atom. The Hall–Kier alpha value is -1.55. The highest BCUT2D eigenvalue weighted by Gasteiger charge is 2.25. The number of hydrogen-bond acceptors (Lipinski definition) is 3. The van der Waals surface area contributed by atoms with Crippen molar-refractivity contribution in [3.8, 4) is 0 Å². The number of nitrogens with zero attached hydrogens (tertiary/aromatic N) is 1. The molecule has 1 aromatic rings. The maximum atomic E-state index is 11.1. The third kappa shape index (κ3) is 3.26. The Labute approximate surface area is 114 Å². The number of anilines is 1. The molecule has 1 amide bonds. The van der Waals surface area contributed by atoms with Gasteiger partial charge in [-0.3, -0.25) is 4.79 Å². The molecule has 0 radical (unpaired) electrons. The van der Waals surface area contributed by atoms with Crippen LogP contribution in [-0.2, 0) is 4.79 Å². The van der Waals surface area contributed by atoms with E-state index >= 15 is 0 Å². The zero-order valence-corrected chi connectivity index (χ0v) is 11.6. The van der Waals surface area contributed by atoms with Gasteiger partial charge in [-0.2, -0.15) is 0 Å². The quantitative estimate of drug-likeness (QED) is 0.870. The Kier molecular flexibility index (Phi) is 4.43. The van der Waals surface area contributed by atoms with Crippen molar-refractivity contribution >= 4 is 11.6 Å². The summed E-state index contributed by atoms with van der Waals surface area (Å²) in [5, 5.41) is 13.0. The number of amides is 1. The van der Waals surface area contributed by atoms with E-state index in [1.54, 1.807) is 6.92 Å². The minimum absolute atomic E-state index is 0.0220. The van der Waals surface area contributed by atoms with Crippen molar-refractivity contribution in [2.24, 2.45) is 0 Å². The maximum absolute atomic E-state index is 11.1. The molecule has 104 valence electrons. The molecule has 2 N–H and O–H groups in total. The number of carbonyl (C=O) groups excluding carboxylic acids is 1. The minimum Gasteiger partial charge on any atom is -0.388 e. The fraction of sp³-hybridized carbons (Fsp3) is 0.533. The Morgan fingerprint density at radius 3 is 2.95 bits per heavy atom. The maximum Gasteiger partial charge on any atom is 0.217 e. The molecule has 0 aromatic heterocycles. The van der Waals surface area contributed by atoms with E-state index < -0.39 is 6.10 Å². The molecular weight excluding hydrogens is 240 g/mol. The molecule has 1 saturated heterocycles. The first-order valence-electron chi connectivity index (χ1n) is 6.90. The molecule has 2 rings (SSSR count). The molecule has 19 heavy (non-hydrogen) atoms. The number of nitrogens with one attached hydrogen (secondary N) is 1. The lowest BCUT2D eigenvalue weighted by atomic mass is 10.0. The topological polar surface area (TPSA) is 52.6 Å². The summed E-state index contributed by atoms with van der Waals surface area (Å²) < 4.78 is 0. The second-order valence-electron chi connectivity index (χ2n) is 5.11. The second-order valence-corrected chi connectivity index (χ2v) is 5.11. The van der Waals surface area contributed by atoms with Crippen molar-refractivity contribution in [2.45, 2.75) is 38.8 Å². The lowest BCUT2D eigenvalue weighted by Crippen LogP contribution is -2.35. The van der Waals surface area contributed by atoms with Crippen LogP contribution in [0.15, 0.2) is 24.3 Å². The zero-order chi connectivity index (χ0) is 13.8. The summed E-state index contributed by atoms with van der Waals surface area (Å²) in [6.45, 7) is 5.26. The molecular formula is C15H22N2O2. The van der Waals surface area contributed by atoms with Crippen LogP contribution < -0.4 is 10.2 Å². The molecule has 1 aromatic carbocycles. The van der Waals surface area contributed by atoms with Gasteiger partial charge in [-0.25, -0.2) is 0 Å². The monoisotopic (exact) mass is 262 g/mol. The van der Waals surface area contributed by atoms with E-state index in [0.29, 0.717) is 6.42 Å². The van der Waals surface area contributed by atoms with E-state index in [-0.39, 0.29) is 11.9 Å². The summed E-state index contributed by atoms with van der Waals surface area (Å²) in [7, 11) is 0. The van der Waals surface area contributed by atoms with Crippen LogP contribution in [0.5, 0.6) is 0 Å². The van der Waals surface area contributed by atoms with Crippen LogP contribution in [0, 0.1) is 0 Å². The van der Waals surface area contributed by atoms with Gasteiger partial charge in [0.05, 0.1) is 6.10 Å². The highest BCUT2D eigenvalue weighted by atomic mass is 16.3. The predicted molar refractivity (Wildman–Crippen MR) is 76.1 cm³/mol. The third-order valence-corrected chi connectivity index (χ3v) is 3.62. The first-order valence-corrected chi connectivity index (χ1v) is 6.90. The SMILES string of the molecule is CCC(O)c1ccccc1N1CCC(NC(C)=O)C1. The van der Waals surface area contributed by atoms with Crippen LogP contribution in [0.2, 0.25) is 0 Å². The summed E-state index contributed by atoms with van der Waals surface area (Å²) in [4.78, 5) is 13.3. The van der Waals surface area contributed by atoms with Crippen LogP contribution in [0.4, 0.5) is 5.69 Å². The molecule has 1 aliphatic heterocycles. The van der Waals surface area contributed by atoms with Crippen molar-refractivity contribution in [1.82, 2.24) is 5.32 Å². The molecule has 0 aliphatic carbocycles. The molecule has 4 nitrogen and oxygen atoms in total. The van der Waals surface area contributed by atoms with E-state index in [1.165, 1.54) is 0 Å². The standard InChI is InChI=1S/C15H22N2O2/c1-3-15(19)13-6-4-5-7-14(13)17-9-8-12(10-17)16-11(2)18/h4-7,12,15,19H,3,8-10H2,1-2H3,(H,16,18). The summed E-state index contributed by atoms with van der Waals surface area (Å²) in [6, 6.07) is 8.19. The highest BCUT2D eigenvalue weighted by molar-refractivity contribution is 5.73. The number of carbonyl (C=O) groups is 1. The van der Waals surface area contributed by atoms with Crippen LogP contribution in [0.3, 0.4) is 0 Å². The molecule has 0 bridgehead atoms. The Bertz CT molecular complexity index is 448. The minimum atomic E-state index is -0.420. The fourth-order valence-electron chi connectivity index (χ4n) is 2.66. The van der Waals surface area contributed by atoms with Crippen molar-refractivity contribution in [3.05, 3.63) is 29.8 Å². The molecule has 1 aliphatic rings. The second kappa shape index (κ2) is 6.06. The van der Waals surface area contributed by atoms with Gasteiger partial charge >= 0.3 is 0 Å². The molecule has 0 saturated carbocycles. The lowest BCUT2D eigenvalue weighted by molar-refractivity contribution is -0.119. The largest absolute Gasteiger partial charge is 0.388 e. The van der Waals surface area contributed by atoms with E-state index in [1.807, 2.05) is 31.2 Å². The van der Waals surface area contributed by atoms with Crippen LogP contribution in [-0.4, -0.2) is 30.1 Å². The summed E-state index contributed by atoms with van der Waals surface area (Å²) in [5.74, 6) is 0.0220. The number of hydrogen-bond donors (Lipinski definition) is 2. The molecule has 2 unspecified atom stereocenters. The third-order valence-electron chi connectivity index (χ3n) is 3.62. The van der Waals surface area contributed by atoms with Gasteiger partial charge in [0.1, 0.15) is 0 Å². The van der Waals surface area contributed by atoms with Crippen molar-refractivity contribution in [3.63, 3.8) is 0 Å². The number of para-hydroxylation sites is 1. The van der Waals surface area contributed by atoms with E-state index in [0.717, 1.165) is 30.8 Å². The molecule has 2 atom stereocenters. The average Bonchev–Trinajstić information content (AvgIpc) is 2.85. The number of rotatable bonds is 4. The van der Waals surface area contributed by atoms with Crippen LogP contribution in [0.25, 0.3) is 0 Å². The first kappa shape index (κ1) is 13.9. The average molecular weight is 262 g/mol. The van der Waals surface area contributed by atoms with Crippen molar-refractivity contribution in [1.29, 1.82) is 0 Å². The van der Waals surface area contributed by atoms with Gasteiger partial charge in [0.15, 0.2) is 0 Å². The normalized spacial score (nSPS) is 20.4. The van der Waals surface area contributed by atoms with Gasteiger partial charge in [-0.1, -0.05) is 25.1 Å². The predicted octanol–water partition coefficient (Wildman–Crippen LogP) is 1.84. The van der Waals surface area contributed by atoms with E-state index in [9.17, 15) is 9.90 Å². The summed E-state index contributed by atoms with van der Waals surface area (Å²) in [6.07, 6.45) is 1.24. The smallest absolute Gasteiger partial charge is 0.217 e. The number of aliphatic hydroxyl groups excluding tert-OH is 1. The number of aliphatic hydroxyl groups is 1. The van der Waals surface area contributed by atoms with E-state index in [4.69, 9.17) is 0 Å². The lowest BCUT2D eigenvalue weighted by Gasteiger charge is -2.24. The molecule has 1 fully saturated rings. The van der Waals surface area contributed by atoms with E-state index in [2.05, 4.69) is 10.2 Å². The zero-order valence-electron chi connectivity index (χ0n) is 11.6. The van der Waals surface area contributed by atoms with Crippen molar-refractivity contribution < 1.29 is 9.90 Å².